The molecule has 1 rings (SSSR count). The van der Waals surface area contributed by atoms with Crippen LogP contribution < -0.4 is 4.74 Å². The lowest BCUT2D eigenvalue weighted by atomic mass is 10.1. The van der Waals surface area contributed by atoms with Crippen molar-refractivity contribution in [3.8, 4) is 5.06 Å². The fraction of sp³-hybridized carbons (Fsp3) is 0.643. The number of ether oxygens (including phenoxy) is 1. The first-order valence-electron chi connectivity index (χ1n) is 6.24. The number of unbranched alkanes of at least 4 members (excludes halogenated alkanes) is 2. The Morgan fingerprint density at radius 3 is 2.59 bits per heavy atom. The Kier molecular flexibility index (Phi) is 5.19. The average Bonchev–Trinajstić information content (AvgIpc) is 2.64. The molecule has 0 radical (unpaired) electrons. The van der Waals surface area contributed by atoms with E-state index in [4.69, 9.17) is 4.74 Å². The highest BCUT2D eigenvalue weighted by Crippen LogP contribution is 2.29. The number of ketones is 1. The van der Waals surface area contributed by atoms with Crippen LogP contribution in [-0.2, 0) is 0 Å². The minimum absolute atomic E-state index is 0.201. The second kappa shape index (κ2) is 6.20. The van der Waals surface area contributed by atoms with E-state index in [-0.39, 0.29) is 11.4 Å². The molecule has 0 aromatic carbocycles. The molecule has 0 aliphatic carbocycles. The minimum Gasteiger partial charge on any atom is -0.479 e. The van der Waals surface area contributed by atoms with Crippen LogP contribution in [0.5, 0.6) is 5.06 Å². The number of hydrogen-bond acceptors (Lipinski definition) is 3. The van der Waals surface area contributed by atoms with Gasteiger partial charge in [-0.15, -0.1) is 0 Å². The SMILES string of the molecule is CCCCCC(=O)c1ccc(OC(C)(C)C)s1. The van der Waals surface area contributed by atoms with E-state index < -0.39 is 0 Å². The van der Waals surface area contributed by atoms with Gasteiger partial charge in [-0.3, -0.25) is 4.79 Å². The van der Waals surface area contributed by atoms with Gasteiger partial charge in [-0.05, 0) is 39.3 Å². The maximum Gasteiger partial charge on any atom is 0.175 e. The molecule has 0 saturated heterocycles. The molecule has 1 aromatic heterocycles. The first-order valence-corrected chi connectivity index (χ1v) is 7.06. The number of hydrogen-bond donors (Lipinski definition) is 0. The Bertz CT molecular complexity index is 361. The van der Waals surface area contributed by atoms with E-state index in [0.29, 0.717) is 6.42 Å². The Morgan fingerprint density at radius 2 is 2.00 bits per heavy atom. The summed E-state index contributed by atoms with van der Waals surface area (Å²) in [4.78, 5) is 12.7. The van der Waals surface area contributed by atoms with Crippen molar-refractivity contribution >= 4 is 17.1 Å². The number of rotatable bonds is 6. The van der Waals surface area contributed by atoms with Crippen LogP contribution in [0.2, 0.25) is 0 Å². The van der Waals surface area contributed by atoms with Crippen molar-refractivity contribution in [3.05, 3.63) is 17.0 Å². The lowest BCUT2D eigenvalue weighted by Gasteiger charge is -2.19. The number of carbonyl (C=O) groups excluding carboxylic acids is 1. The van der Waals surface area contributed by atoms with Crippen LogP contribution in [0.4, 0.5) is 0 Å². The first-order chi connectivity index (χ1) is 7.92. The van der Waals surface area contributed by atoms with Crippen molar-refractivity contribution in [1.82, 2.24) is 0 Å². The topological polar surface area (TPSA) is 26.3 Å². The van der Waals surface area contributed by atoms with Crippen LogP contribution in [-0.4, -0.2) is 11.4 Å². The van der Waals surface area contributed by atoms with Crippen LogP contribution in [0.25, 0.3) is 0 Å². The molecule has 0 unspecified atom stereocenters. The largest absolute Gasteiger partial charge is 0.479 e. The third-order valence-corrected chi connectivity index (χ3v) is 3.27. The van der Waals surface area contributed by atoms with E-state index >= 15 is 0 Å². The maximum absolute atomic E-state index is 11.9. The maximum atomic E-state index is 11.9. The zero-order valence-electron chi connectivity index (χ0n) is 11.2. The molecule has 0 aliphatic rings. The summed E-state index contributed by atoms with van der Waals surface area (Å²) >= 11 is 1.45. The molecule has 1 heterocycles. The Hall–Kier alpha value is -0.830. The van der Waals surface area contributed by atoms with Crippen molar-refractivity contribution in [2.24, 2.45) is 0 Å². The fourth-order valence-corrected chi connectivity index (χ4v) is 2.48. The minimum atomic E-state index is -0.201. The molecular weight excluding hydrogens is 232 g/mol. The summed E-state index contributed by atoms with van der Waals surface area (Å²) in [5, 5.41) is 0.830. The molecule has 0 fully saturated rings. The molecule has 0 bridgehead atoms. The summed E-state index contributed by atoms with van der Waals surface area (Å²) in [5.41, 5.74) is -0.201. The number of carbonyl (C=O) groups is 1. The molecule has 0 saturated carbocycles. The van der Waals surface area contributed by atoms with E-state index in [1.165, 1.54) is 11.3 Å². The highest BCUT2D eigenvalue weighted by Gasteiger charge is 2.15. The van der Waals surface area contributed by atoms with Gasteiger partial charge < -0.3 is 4.74 Å². The van der Waals surface area contributed by atoms with Crippen molar-refractivity contribution in [2.75, 3.05) is 0 Å². The molecule has 1 aromatic rings. The molecular formula is C14H22O2S. The quantitative estimate of drug-likeness (QED) is 0.544. The molecule has 3 heteroatoms. The predicted molar refractivity (Wildman–Crippen MR) is 73.2 cm³/mol. The third kappa shape index (κ3) is 5.35. The van der Waals surface area contributed by atoms with E-state index in [1.54, 1.807) is 0 Å². The van der Waals surface area contributed by atoms with Crippen molar-refractivity contribution in [1.29, 1.82) is 0 Å². The van der Waals surface area contributed by atoms with Crippen molar-refractivity contribution < 1.29 is 9.53 Å². The standard InChI is InChI=1S/C14H22O2S/c1-5-6-7-8-11(15)12-9-10-13(17-12)16-14(2,3)4/h9-10H,5-8H2,1-4H3. The highest BCUT2D eigenvalue weighted by atomic mass is 32.1. The van der Waals surface area contributed by atoms with Crippen LogP contribution in [0, 0.1) is 0 Å². The lowest BCUT2D eigenvalue weighted by Crippen LogP contribution is -2.22. The van der Waals surface area contributed by atoms with Crippen LogP contribution in [0.3, 0.4) is 0 Å². The molecule has 0 N–H and O–H groups in total. The monoisotopic (exact) mass is 254 g/mol. The van der Waals surface area contributed by atoms with Gasteiger partial charge in [-0.1, -0.05) is 31.1 Å². The summed E-state index contributed by atoms with van der Waals surface area (Å²) in [6.45, 7) is 8.17. The molecule has 96 valence electrons. The van der Waals surface area contributed by atoms with E-state index in [9.17, 15) is 4.79 Å². The average molecular weight is 254 g/mol. The Morgan fingerprint density at radius 1 is 1.29 bits per heavy atom. The second-order valence-corrected chi connectivity index (χ2v) is 6.26. The van der Waals surface area contributed by atoms with Crippen LogP contribution >= 0.6 is 11.3 Å². The smallest absolute Gasteiger partial charge is 0.175 e. The predicted octanol–water partition coefficient (Wildman–Crippen LogP) is 4.69. The van der Waals surface area contributed by atoms with Crippen molar-refractivity contribution in [3.63, 3.8) is 0 Å². The zero-order valence-corrected chi connectivity index (χ0v) is 12.0. The van der Waals surface area contributed by atoms with Gasteiger partial charge in [0, 0.05) is 6.42 Å². The molecule has 0 amide bonds. The van der Waals surface area contributed by atoms with Crippen LogP contribution in [0.1, 0.15) is 63.0 Å². The fourth-order valence-electron chi connectivity index (χ4n) is 1.49. The van der Waals surface area contributed by atoms with Crippen molar-refractivity contribution in [2.45, 2.75) is 59.0 Å². The van der Waals surface area contributed by atoms with E-state index in [1.807, 2.05) is 32.9 Å². The van der Waals surface area contributed by atoms with Gasteiger partial charge in [0.05, 0.1) is 4.88 Å². The summed E-state index contributed by atoms with van der Waals surface area (Å²) < 4.78 is 5.72. The zero-order chi connectivity index (χ0) is 12.9. The Labute approximate surface area is 108 Å². The van der Waals surface area contributed by atoms with Gasteiger partial charge in [0.1, 0.15) is 5.60 Å². The van der Waals surface area contributed by atoms with E-state index in [2.05, 4.69) is 6.92 Å². The second-order valence-electron chi connectivity index (χ2n) is 5.21. The molecule has 17 heavy (non-hydrogen) atoms. The Balaban J connectivity index is 2.52. The summed E-state index contributed by atoms with van der Waals surface area (Å²) in [7, 11) is 0. The summed E-state index contributed by atoms with van der Waals surface area (Å²) in [6.07, 6.45) is 3.92. The number of thiophene rings is 1. The normalized spacial score (nSPS) is 11.5. The first kappa shape index (κ1) is 14.2. The molecule has 0 aliphatic heterocycles. The van der Waals surface area contributed by atoms with Gasteiger partial charge in [0.25, 0.3) is 0 Å². The van der Waals surface area contributed by atoms with Crippen LogP contribution in [0.15, 0.2) is 12.1 Å². The number of Topliss-reactive ketones (excluding diaryl/α,β-unsaturated/α-hetero) is 1. The van der Waals surface area contributed by atoms with Gasteiger partial charge in [0.2, 0.25) is 0 Å². The summed E-state index contributed by atoms with van der Waals surface area (Å²) in [6, 6.07) is 3.77. The molecule has 0 spiro atoms. The highest BCUT2D eigenvalue weighted by molar-refractivity contribution is 7.15. The van der Waals surface area contributed by atoms with Gasteiger partial charge in [-0.25, -0.2) is 0 Å². The third-order valence-electron chi connectivity index (χ3n) is 2.27. The van der Waals surface area contributed by atoms with Gasteiger partial charge >= 0.3 is 0 Å². The molecule has 0 atom stereocenters. The summed E-state index contributed by atoms with van der Waals surface area (Å²) in [5.74, 6) is 0.243. The lowest BCUT2D eigenvalue weighted by molar-refractivity contribution is 0.0983. The van der Waals surface area contributed by atoms with Gasteiger partial charge in [-0.2, -0.15) is 0 Å². The van der Waals surface area contributed by atoms with E-state index in [0.717, 1.165) is 29.2 Å². The van der Waals surface area contributed by atoms with Gasteiger partial charge in [0.15, 0.2) is 10.8 Å². The molecule has 2 nitrogen and oxygen atoms in total.